The maximum atomic E-state index is 11.4. The Hall–Kier alpha value is -2.61. The predicted molar refractivity (Wildman–Crippen MR) is 78.4 cm³/mol. The second kappa shape index (κ2) is 6.71. The van der Waals surface area contributed by atoms with Gasteiger partial charge in [-0.1, -0.05) is 18.2 Å². The van der Waals surface area contributed by atoms with Crippen molar-refractivity contribution in [3.8, 4) is 17.2 Å². The number of rotatable bonds is 5. The zero-order valence-electron chi connectivity index (χ0n) is 12.2. The fourth-order valence-electron chi connectivity index (χ4n) is 2.10. The number of carbonyl (C=O) groups is 1. The first-order valence-corrected chi connectivity index (χ1v) is 6.79. The second-order valence-corrected chi connectivity index (χ2v) is 4.71. The van der Waals surface area contributed by atoms with Gasteiger partial charge in [-0.15, -0.1) is 0 Å². The molecule has 108 valence electrons. The summed E-state index contributed by atoms with van der Waals surface area (Å²) in [7, 11) is 0. The van der Waals surface area contributed by atoms with Crippen LogP contribution in [0.15, 0.2) is 30.6 Å². The van der Waals surface area contributed by atoms with Crippen molar-refractivity contribution in [2.75, 3.05) is 6.61 Å². The van der Waals surface area contributed by atoms with Gasteiger partial charge in [0.2, 0.25) is 0 Å². The minimum absolute atomic E-state index is 0.110. The highest BCUT2D eigenvalue weighted by molar-refractivity contribution is 5.69. The summed E-state index contributed by atoms with van der Waals surface area (Å²) in [6, 6.07) is 8.10. The maximum Gasteiger partial charge on any atom is 0.327 e. The monoisotopic (exact) mass is 283 g/mol. The Morgan fingerprint density at radius 1 is 1.43 bits per heavy atom. The lowest BCUT2D eigenvalue weighted by molar-refractivity contribution is -0.144. The quantitative estimate of drug-likeness (QED) is 0.791. The van der Waals surface area contributed by atoms with Gasteiger partial charge in [-0.2, -0.15) is 10.4 Å². The van der Waals surface area contributed by atoms with Crippen molar-refractivity contribution in [3.05, 3.63) is 41.7 Å². The Bertz CT molecular complexity index is 683. The number of esters is 1. The Kier molecular flexibility index (Phi) is 4.72. The predicted octanol–water partition coefficient (Wildman–Crippen LogP) is 2.49. The zero-order chi connectivity index (χ0) is 15.2. The Morgan fingerprint density at radius 3 is 2.90 bits per heavy atom. The van der Waals surface area contributed by atoms with Crippen molar-refractivity contribution in [1.82, 2.24) is 9.78 Å². The summed E-state index contributed by atoms with van der Waals surface area (Å²) < 4.78 is 6.45. The number of nitriles is 1. The van der Waals surface area contributed by atoms with Gasteiger partial charge in [0.05, 0.1) is 25.3 Å². The van der Waals surface area contributed by atoms with Gasteiger partial charge in [-0.3, -0.25) is 9.48 Å². The molecular weight excluding hydrogens is 266 g/mol. The first kappa shape index (κ1) is 14.8. The van der Waals surface area contributed by atoms with Crippen molar-refractivity contribution in [2.45, 2.75) is 26.8 Å². The lowest BCUT2D eigenvalue weighted by Crippen LogP contribution is -2.13. The molecule has 0 aliphatic rings. The molecule has 2 rings (SSSR count). The summed E-state index contributed by atoms with van der Waals surface area (Å²) in [6.07, 6.45) is 3.95. The van der Waals surface area contributed by atoms with Gasteiger partial charge in [0.15, 0.2) is 0 Å². The Labute approximate surface area is 123 Å². The third-order valence-electron chi connectivity index (χ3n) is 3.18. The lowest BCUT2D eigenvalue weighted by atomic mass is 10.0. The van der Waals surface area contributed by atoms with Crippen LogP contribution in [0.1, 0.15) is 18.1 Å². The van der Waals surface area contributed by atoms with Crippen molar-refractivity contribution in [2.24, 2.45) is 0 Å². The van der Waals surface area contributed by atoms with Gasteiger partial charge < -0.3 is 4.74 Å². The number of aryl methyl sites for hydroxylation is 1. The fraction of sp³-hybridized carbons (Fsp3) is 0.312. The van der Waals surface area contributed by atoms with Crippen LogP contribution in [0.2, 0.25) is 0 Å². The van der Waals surface area contributed by atoms with E-state index >= 15 is 0 Å². The molecule has 5 heteroatoms. The van der Waals surface area contributed by atoms with Gasteiger partial charge in [-0.05, 0) is 30.5 Å². The minimum atomic E-state index is -0.298. The molecule has 0 N–H and O–H groups in total. The van der Waals surface area contributed by atoms with Crippen LogP contribution in [-0.4, -0.2) is 22.4 Å². The van der Waals surface area contributed by atoms with E-state index in [1.807, 2.05) is 31.3 Å². The van der Waals surface area contributed by atoms with Gasteiger partial charge in [-0.25, -0.2) is 0 Å². The third kappa shape index (κ3) is 3.69. The molecule has 0 unspecified atom stereocenters. The molecule has 0 saturated heterocycles. The summed E-state index contributed by atoms with van der Waals surface area (Å²) in [6.45, 7) is 4.24. The van der Waals surface area contributed by atoms with Crippen LogP contribution in [0.25, 0.3) is 11.1 Å². The van der Waals surface area contributed by atoms with Crippen LogP contribution < -0.4 is 0 Å². The van der Waals surface area contributed by atoms with E-state index in [9.17, 15) is 4.79 Å². The van der Waals surface area contributed by atoms with Gasteiger partial charge in [0.1, 0.15) is 6.54 Å². The number of ether oxygens (including phenoxy) is 1. The van der Waals surface area contributed by atoms with E-state index in [4.69, 9.17) is 10.00 Å². The molecule has 0 atom stereocenters. The van der Waals surface area contributed by atoms with Crippen molar-refractivity contribution >= 4 is 5.97 Å². The first-order valence-electron chi connectivity index (χ1n) is 6.79. The van der Waals surface area contributed by atoms with E-state index in [1.54, 1.807) is 17.8 Å². The van der Waals surface area contributed by atoms with Crippen LogP contribution in [0.5, 0.6) is 0 Å². The number of hydrogen-bond donors (Lipinski definition) is 0. The molecule has 0 spiro atoms. The topological polar surface area (TPSA) is 67.9 Å². The van der Waals surface area contributed by atoms with Crippen molar-refractivity contribution < 1.29 is 9.53 Å². The van der Waals surface area contributed by atoms with E-state index in [0.29, 0.717) is 13.0 Å². The molecule has 2 aromatic rings. The third-order valence-corrected chi connectivity index (χ3v) is 3.18. The summed E-state index contributed by atoms with van der Waals surface area (Å²) in [5.74, 6) is -0.298. The number of hydrogen-bond acceptors (Lipinski definition) is 4. The first-order chi connectivity index (χ1) is 10.1. The highest BCUT2D eigenvalue weighted by atomic mass is 16.5. The maximum absolute atomic E-state index is 11.4. The highest BCUT2D eigenvalue weighted by Crippen LogP contribution is 2.22. The zero-order valence-corrected chi connectivity index (χ0v) is 12.2. The van der Waals surface area contributed by atoms with E-state index in [1.165, 1.54) is 0 Å². The summed E-state index contributed by atoms with van der Waals surface area (Å²) >= 11 is 0. The van der Waals surface area contributed by atoms with Crippen molar-refractivity contribution in [1.29, 1.82) is 5.26 Å². The molecule has 0 bridgehead atoms. The molecule has 5 nitrogen and oxygen atoms in total. The summed E-state index contributed by atoms with van der Waals surface area (Å²) in [5.41, 5.74) is 4.06. The van der Waals surface area contributed by atoms with E-state index in [-0.39, 0.29) is 12.5 Å². The smallest absolute Gasteiger partial charge is 0.327 e. The molecule has 0 fully saturated rings. The van der Waals surface area contributed by atoms with Crippen LogP contribution >= 0.6 is 0 Å². The normalized spacial score (nSPS) is 10.1. The van der Waals surface area contributed by atoms with Crippen molar-refractivity contribution in [3.63, 3.8) is 0 Å². The SMILES string of the molecule is CCOC(=O)Cn1cc(-c2ccc(CC#N)c(C)c2)cn1. The lowest BCUT2D eigenvalue weighted by Gasteiger charge is -2.04. The molecule has 0 aliphatic heterocycles. The largest absolute Gasteiger partial charge is 0.465 e. The molecule has 21 heavy (non-hydrogen) atoms. The van der Waals surface area contributed by atoms with E-state index in [2.05, 4.69) is 11.2 Å². The van der Waals surface area contributed by atoms with Gasteiger partial charge in [0.25, 0.3) is 0 Å². The highest BCUT2D eigenvalue weighted by Gasteiger charge is 2.08. The molecule has 1 aromatic heterocycles. The Balaban J connectivity index is 2.16. The van der Waals surface area contributed by atoms with Crippen LogP contribution in [0.3, 0.4) is 0 Å². The average molecular weight is 283 g/mol. The van der Waals surface area contributed by atoms with Gasteiger partial charge >= 0.3 is 5.97 Å². The number of carbonyl (C=O) groups excluding carboxylic acids is 1. The molecule has 0 aliphatic carbocycles. The fourth-order valence-corrected chi connectivity index (χ4v) is 2.10. The van der Waals surface area contributed by atoms with Crippen LogP contribution in [0, 0.1) is 18.3 Å². The van der Waals surface area contributed by atoms with E-state index in [0.717, 1.165) is 22.3 Å². The van der Waals surface area contributed by atoms with E-state index < -0.39 is 0 Å². The Morgan fingerprint density at radius 2 is 2.24 bits per heavy atom. The molecule has 0 saturated carbocycles. The summed E-state index contributed by atoms with van der Waals surface area (Å²) in [5, 5.41) is 12.9. The number of nitrogens with zero attached hydrogens (tertiary/aromatic N) is 3. The molecule has 1 heterocycles. The molecule has 0 amide bonds. The average Bonchev–Trinajstić information content (AvgIpc) is 2.90. The number of benzene rings is 1. The number of aromatic nitrogens is 2. The second-order valence-electron chi connectivity index (χ2n) is 4.71. The summed E-state index contributed by atoms with van der Waals surface area (Å²) in [4.78, 5) is 11.4. The molecular formula is C16H17N3O2. The minimum Gasteiger partial charge on any atom is -0.465 e. The standard InChI is InChI=1S/C16H17N3O2/c1-3-21-16(20)11-19-10-15(9-18-19)14-5-4-13(6-7-17)12(2)8-14/h4-5,8-10H,3,6,11H2,1-2H3. The molecule has 0 radical (unpaired) electrons. The van der Waals surface area contributed by atoms with Crippen LogP contribution in [0.4, 0.5) is 0 Å². The van der Waals surface area contributed by atoms with Crippen LogP contribution in [-0.2, 0) is 22.5 Å². The molecule has 1 aromatic carbocycles. The van der Waals surface area contributed by atoms with Gasteiger partial charge in [0, 0.05) is 11.8 Å².